The summed E-state index contributed by atoms with van der Waals surface area (Å²) in [4.78, 5) is 29.6. The molecule has 7 nitrogen and oxygen atoms in total. The van der Waals surface area contributed by atoms with Crippen LogP contribution in [-0.2, 0) is 19.1 Å². The number of allylic oxidation sites excluding steroid dienone is 4. The zero-order valence-corrected chi connectivity index (χ0v) is 20.6. The molecular weight excluding hydrogens is 470 g/mol. The maximum Gasteiger partial charge on any atom is 0.193 e. The van der Waals surface area contributed by atoms with Crippen LogP contribution in [0.25, 0.3) is 0 Å². The highest BCUT2D eigenvalue weighted by atomic mass is 35.5. The van der Waals surface area contributed by atoms with Crippen molar-refractivity contribution in [2.45, 2.75) is 63.6 Å². The van der Waals surface area contributed by atoms with E-state index in [4.69, 9.17) is 21.1 Å². The van der Waals surface area contributed by atoms with Crippen LogP contribution >= 0.6 is 11.6 Å². The molecule has 1 aliphatic heterocycles. The second-order valence-electron chi connectivity index (χ2n) is 11.3. The number of hydrogen-bond acceptors (Lipinski definition) is 7. The van der Waals surface area contributed by atoms with E-state index in [0.29, 0.717) is 23.6 Å². The van der Waals surface area contributed by atoms with Gasteiger partial charge in [0.15, 0.2) is 23.5 Å². The first-order chi connectivity index (χ1) is 16.6. The zero-order valence-electron chi connectivity index (χ0n) is 19.8. The van der Waals surface area contributed by atoms with E-state index < -0.39 is 47.3 Å². The maximum atomic E-state index is 13.5. The first-order valence-corrected chi connectivity index (χ1v) is 12.7. The van der Waals surface area contributed by atoms with Crippen LogP contribution in [0.5, 0.6) is 0 Å². The molecule has 1 aromatic heterocycles. The molecule has 4 aliphatic carbocycles. The van der Waals surface area contributed by atoms with E-state index in [2.05, 4.69) is 11.9 Å². The Kier molecular flexibility index (Phi) is 5.23. The summed E-state index contributed by atoms with van der Waals surface area (Å²) in [5.41, 5.74) is -0.753. The van der Waals surface area contributed by atoms with Gasteiger partial charge < -0.3 is 19.7 Å². The third-order valence-electron chi connectivity index (χ3n) is 9.82. The summed E-state index contributed by atoms with van der Waals surface area (Å²) >= 11 is 6.09. The van der Waals surface area contributed by atoms with Gasteiger partial charge >= 0.3 is 0 Å². The van der Waals surface area contributed by atoms with E-state index >= 15 is 0 Å². The number of pyridine rings is 1. The first-order valence-electron chi connectivity index (χ1n) is 12.4. The van der Waals surface area contributed by atoms with E-state index in [9.17, 15) is 19.8 Å². The predicted octanol–water partition coefficient (Wildman–Crippen LogP) is 3.34. The number of Topliss-reactive ketones (excluding diaryl/α,β-unsaturated/α-hetero) is 1. The Bertz CT molecular complexity index is 1170. The van der Waals surface area contributed by atoms with Crippen LogP contribution in [0, 0.1) is 28.6 Å². The molecule has 3 saturated carbocycles. The van der Waals surface area contributed by atoms with Crippen LogP contribution in [0.4, 0.5) is 0 Å². The Labute approximate surface area is 209 Å². The molecule has 5 aliphatic rings. The molecule has 9 atom stereocenters. The summed E-state index contributed by atoms with van der Waals surface area (Å²) in [6, 6.07) is 3.40. The van der Waals surface area contributed by atoms with Crippen molar-refractivity contribution in [2.75, 3.05) is 6.61 Å². The fourth-order valence-corrected chi connectivity index (χ4v) is 8.58. The quantitative estimate of drug-likeness (QED) is 0.614. The molecule has 186 valence electrons. The van der Waals surface area contributed by atoms with Crippen molar-refractivity contribution in [2.24, 2.45) is 28.6 Å². The fraction of sp³-hybridized carbons (Fsp3) is 0.593. The number of aromatic nitrogens is 1. The minimum Gasteiger partial charge on any atom is -0.393 e. The van der Waals surface area contributed by atoms with E-state index in [1.807, 2.05) is 13.0 Å². The number of ether oxygens (including phenoxy) is 2. The van der Waals surface area contributed by atoms with Gasteiger partial charge in [0.2, 0.25) is 0 Å². The number of ketones is 2. The van der Waals surface area contributed by atoms with Gasteiger partial charge in [0.05, 0.1) is 12.2 Å². The smallest absolute Gasteiger partial charge is 0.193 e. The molecule has 0 bridgehead atoms. The molecule has 2 N–H and O–H groups in total. The monoisotopic (exact) mass is 499 g/mol. The third kappa shape index (κ3) is 3.02. The van der Waals surface area contributed by atoms with Gasteiger partial charge in [-0.05, 0) is 61.8 Å². The van der Waals surface area contributed by atoms with Crippen molar-refractivity contribution in [3.8, 4) is 0 Å². The van der Waals surface area contributed by atoms with Gasteiger partial charge in [-0.15, -0.1) is 0 Å². The van der Waals surface area contributed by atoms with Gasteiger partial charge in [0, 0.05) is 28.5 Å². The van der Waals surface area contributed by atoms with Crippen LogP contribution in [0.3, 0.4) is 0 Å². The van der Waals surface area contributed by atoms with Crippen LogP contribution in [0.2, 0.25) is 5.15 Å². The molecular formula is C27H30ClNO6. The zero-order chi connectivity index (χ0) is 24.8. The lowest BCUT2D eigenvalue weighted by molar-refractivity contribution is -0.201. The molecule has 2 heterocycles. The second kappa shape index (κ2) is 7.80. The van der Waals surface area contributed by atoms with E-state index in [1.54, 1.807) is 30.5 Å². The van der Waals surface area contributed by atoms with E-state index in [-0.39, 0.29) is 23.5 Å². The van der Waals surface area contributed by atoms with Gasteiger partial charge in [-0.25, -0.2) is 4.98 Å². The number of nitrogens with zero attached hydrogens (tertiary/aromatic N) is 1. The highest BCUT2D eigenvalue weighted by Gasteiger charge is 2.75. The predicted molar refractivity (Wildman–Crippen MR) is 126 cm³/mol. The Morgan fingerprint density at radius 3 is 2.89 bits per heavy atom. The molecule has 0 aromatic carbocycles. The van der Waals surface area contributed by atoms with Crippen molar-refractivity contribution < 1.29 is 29.3 Å². The lowest BCUT2D eigenvalue weighted by atomic mass is 9.46. The summed E-state index contributed by atoms with van der Waals surface area (Å²) in [6.45, 7) is 3.47. The molecule has 1 saturated heterocycles. The molecule has 4 fully saturated rings. The summed E-state index contributed by atoms with van der Waals surface area (Å²) in [5, 5.41) is 22.0. The number of aliphatic hydroxyl groups is 2. The molecule has 0 amide bonds. The largest absolute Gasteiger partial charge is 0.393 e. The lowest BCUT2D eigenvalue weighted by Gasteiger charge is -2.59. The van der Waals surface area contributed by atoms with Crippen molar-refractivity contribution >= 4 is 23.2 Å². The van der Waals surface area contributed by atoms with Gasteiger partial charge in [-0.3, -0.25) is 9.59 Å². The van der Waals surface area contributed by atoms with Gasteiger partial charge in [-0.2, -0.15) is 0 Å². The van der Waals surface area contributed by atoms with Gasteiger partial charge in [0.25, 0.3) is 0 Å². The maximum absolute atomic E-state index is 13.5. The molecule has 8 heteroatoms. The molecule has 0 radical (unpaired) electrons. The number of halogens is 1. The highest BCUT2D eigenvalue weighted by Crippen LogP contribution is 2.70. The van der Waals surface area contributed by atoms with Crippen molar-refractivity contribution in [1.29, 1.82) is 0 Å². The molecule has 0 spiro atoms. The summed E-state index contributed by atoms with van der Waals surface area (Å²) < 4.78 is 12.9. The topological polar surface area (TPSA) is 106 Å². The Morgan fingerprint density at radius 1 is 1.34 bits per heavy atom. The SMILES string of the molecule is C[C@]12C=CC(=O)C=C1CC[C@@H]1[C@@H]2[C@@H](O)C[C@@]2(C)[C@H]1C[C@H]1OC(c3ccnc(Cl)c3)O[C@]12C(=O)CO. The number of fused-ring (bicyclic) bond motifs is 7. The first kappa shape index (κ1) is 23.5. The van der Waals surface area contributed by atoms with Crippen molar-refractivity contribution in [3.05, 3.63) is 52.8 Å². The van der Waals surface area contributed by atoms with Crippen molar-refractivity contribution in [1.82, 2.24) is 4.98 Å². The van der Waals surface area contributed by atoms with Crippen molar-refractivity contribution in [3.63, 3.8) is 0 Å². The lowest BCUT2D eigenvalue weighted by Crippen LogP contribution is -2.63. The van der Waals surface area contributed by atoms with Crippen LogP contribution < -0.4 is 0 Å². The summed E-state index contributed by atoms with van der Waals surface area (Å²) in [6.07, 6.45) is 7.36. The summed E-state index contributed by atoms with van der Waals surface area (Å²) in [5.74, 6) is -0.300. The summed E-state index contributed by atoms with van der Waals surface area (Å²) in [7, 11) is 0. The number of carbonyl (C=O) groups is 2. The van der Waals surface area contributed by atoms with E-state index in [1.165, 1.54) is 0 Å². The number of rotatable bonds is 3. The number of hydrogen-bond donors (Lipinski definition) is 2. The molecule has 35 heavy (non-hydrogen) atoms. The standard InChI is InChI=1S/C27H30ClNO6/c1-25-7-5-16(31)10-15(25)3-4-17-18-11-21-27(20(33)13-30,26(18,2)12-19(32)23(17)25)35-24(34-21)14-6-8-29-22(28)9-14/h5-10,17-19,21,23-24,30,32H,3-4,11-13H2,1-2H3/t17-,18-,19-,21+,23+,24?,25-,26-,27+/m0/s1. The van der Waals surface area contributed by atoms with Crippen LogP contribution in [0.1, 0.15) is 51.4 Å². The third-order valence-corrected chi connectivity index (χ3v) is 10.0. The van der Waals surface area contributed by atoms with Gasteiger partial charge in [0.1, 0.15) is 11.8 Å². The fourth-order valence-electron chi connectivity index (χ4n) is 8.40. The minimum absolute atomic E-state index is 0.00184. The average molecular weight is 500 g/mol. The Balaban J connectivity index is 1.40. The van der Waals surface area contributed by atoms with Crippen LogP contribution in [0.15, 0.2) is 42.1 Å². The molecule has 1 aromatic rings. The highest BCUT2D eigenvalue weighted by molar-refractivity contribution is 6.29. The molecule has 1 unspecified atom stereocenters. The van der Waals surface area contributed by atoms with E-state index in [0.717, 1.165) is 18.4 Å². The number of aliphatic hydroxyl groups excluding tert-OH is 2. The number of carbonyl (C=O) groups excluding carboxylic acids is 2. The Hall–Kier alpha value is -1.90. The molecule has 6 rings (SSSR count). The second-order valence-corrected chi connectivity index (χ2v) is 11.6. The van der Waals surface area contributed by atoms with Gasteiger partial charge in [-0.1, -0.05) is 37.1 Å². The minimum atomic E-state index is -1.37. The van der Waals surface area contributed by atoms with Crippen LogP contribution in [-0.4, -0.2) is 51.2 Å². The average Bonchev–Trinajstić information content (AvgIpc) is 3.32. The Morgan fingerprint density at radius 2 is 2.14 bits per heavy atom. The normalized spacial score (nSPS) is 45.9.